The number of rotatable bonds is 4. The van der Waals surface area contributed by atoms with Gasteiger partial charge >= 0.3 is 0 Å². The zero-order chi connectivity index (χ0) is 11.5. The minimum Gasteiger partial charge on any atom is -0.298 e. The molecule has 0 atom stereocenters. The van der Waals surface area contributed by atoms with E-state index in [0.717, 1.165) is 13.1 Å². The summed E-state index contributed by atoms with van der Waals surface area (Å²) in [5.41, 5.74) is 0.525. The molecular formula is C13H25NO. The fourth-order valence-electron chi connectivity index (χ4n) is 2.01. The van der Waals surface area contributed by atoms with Gasteiger partial charge < -0.3 is 0 Å². The van der Waals surface area contributed by atoms with Crippen molar-refractivity contribution in [3.63, 3.8) is 0 Å². The van der Waals surface area contributed by atoms with Crippen molar-refractivity contribution in [2.75, 3.05) is 19.6 Å². The molecule has 0 spiro atoms. The van der Waals surface area contributed by atoms with E-state index in [1.807, 2.05) is 13.8 Å². The van der Waals surface area contributed by atoms with Crippen LogP contribution in [0.1, 0.15) is 47.0 Å². The number of carbonyl (C=O) groups excluding carboxylic acids is 1. The molecule has 0 aromatic carbocycles. The van der Waals surface area contributed by atoms with Crippen LogP contribution in [0.4, 0.5) is 0 Å². The summed E-state index contributed by atoms with van der Waals surface area (Å²) in [6, 6.07) is 0. The Morgan fingerprint density at radius 3 is 2.27 bits per heavy atom. The molecule has 0 radical (unpaired) electrons. The molecule has 1 rings (SSSR count). The van der Waals surface area contributed by atoms with Crippen molar-refractivity contribution < 1.29 is 4.79 Å². The van der Waals surface area contributed by atoms with Crippen LogP contribution in [0.3, 0.4) is 0 Å². The molecule has 15 heavy (non-hydrogen) atoms. The Hall–Kier alpha value is -0.370. The van der Waals surface area contributed by atoms with Crippen LogP contribution >= 0.6 is 0 Å². The minimum absolute atomic E-state index is 0.185. The highest BCUT2D eigenvalue weighted by Crippen LogP contribution is 2.33. The van der Waals surface area contributed by atoms with Crippen molar-refractivity contribution in [2.45, 2.75) is 47.0 Å². The first-order chi connectivity index (χ1) is 6.97. The Morgan fingerprint density at radius 1 is 1.33 bits per heavy atom. The summed E-state index contributed by atoms with van der Waals surface area (Å²) in [5.74, 6) is 0.569. The first-order valence-electron chi connectivity index (χ1n) is 6.22. The van der Waals surface area contributed by atoms with Gasteiger partial charge in [-0.15, -0.1) is 0 Å². The standard InChI is InChI=1S/C13H25NO/c1-5-13(4)6-8-14(9-7-13)10-12(15)11(2)3/h11H,5-10H2,1-4H3. The molecule has 2 heteroatoms. The van der Waals surface area contributed by atoms with E-state index in [-0.39, 0.29) is 5.92 Å². The van der Waals surface area contributed by atoms with Gasteiger partial charge in [0.1, 0.15) is 5.78 Å². The van der Waals surface area contributed by atoms with Gasteiger partial charge in [0.05, 0.1) is 6.54 Å². The molecule has 0 aliphatic carbocycles. The minimum atomic E-state index is 0.185. The molecular weight excluding hydrogens is 186 g/mol. The normalized spacial score (nSPS) is 21.9. The molecule has 0 aromatic rings. The summed E-state index contributed by atoms with van der Waals surface area (Å²) in [4.78, 5) is 13.9. The quantitative estimate of drug-likeness (QED) is 0.712. The largest absolute Gasteiger partial charge is 0.298 e. The highest BCUT2D eigenvalue weighted by Gasteiger charge is 2.28. The maximum Gasteiger partial charge on any atom is 0.149 e. The summed E-state index contributed by atoms with van der Waals surface area (Å²) in [6.45, 7) is 11.5. The third-order valence-electron chi connectivity index (χ3n) is 3.94. The van der Waals surface area contributed by atoms with E-state index in [1.54, 1.807) is 0 Å². The molecule has 0 N–H and O–H groups in total. The molecule has 0 bridgehead atoms. The van der Waals surface area contributed by atoms with Gasteiger partial charge in [0.25, 0.3) is 0 Å². The lowest BCUT2D eigenvalue weighted by Crippen LogP contribution is -2.41. The number of nitrogens with zero attached hydrogens (tertiary/aromatic N) is 1. The third kappa shape index (κ3) is 3.60. The van der Waals surface area contributed by atoms with E-state index in [9.17, 15) is 4.79 Å². The average molecular weight is 211 g/mol. The van der Waals surface area contributed by atoms with E-state index in [0.29, 0.717) is 17.7 Å². The zero-order valence-corrected chi connectivity index (χ0v) is 10.7. The second-order valence-corrected chi connectivity index (χ2v) is 5.56. The van der Waals surface area contributed by atoms with Crippen LogP contribution in [-0.2, 0) is 4.79 Å². The van der Waals surface area contributed by atoms with Crippen LogP contribution in [0.2, 0.25) is 0 Å². The first kappa shape index (κ1) is 12.7. The Balaban J connectivity index is 2.35. The Kier molecular flexibility index (Phi) is 4.32. The van der Waals surface area contributed by atoms with Crippen molar-refractivity contribution in [3.05, 3.63) is 0 Å². The second-order valence-electron chi connectivity index (χ2n) is 5.56. The molecule has 0 unspecified atom stereocenters. The topological polar surface area (TPSA) is 20.3 Å². The summed E-state index contributed by atoms with van der Waals surface area (Å²) in [6.07, 6.45) is 3.75. The molecule has 0 aromatic heterocycles. The van der Waals surface area contributed by atoms with Gasteiger partial charge in [-0.2, -0.15) is 0 Å². The summed E-state index contributed by atoms with van der Waals surface area (Å²) in [5, 5.41) is 0. The Morgan fingerprint density at radius 2 is 1.87 bits per heavy atom. The number of carbonyl (C=O) groups is 1. The fourth-order valence-corrected chi connectivity index (χ4v) is 2.01. The lowest BCUT2D eigenvalue weighted by molar-refractivity contribution is -0.123. The molecule has 1 aliphatic rings. The lowest BCUT2D eigenvalue weighted by atomic mass is 9.78. The Bertz CT molecular complexity index is 215. The molecule has 88 valence electrons. The van der Waals surface area contributed by atoms with Crippen LogP contribution < -0.4 is 0 Å². The smallest absolute Gasteiger partial charge is 0.149 e. The van der Waals surface area contributed by atoms with Crippen LogP contribution in [0, 0.1) is 11.3 Å². The summed E-state index contributed by atoms with van der Waals surface area (Å²) in [7, 11) is 0. The highest BCUT2D eigenvalue weighted by atomic mass is 16.1. The van der Waals surface area contributed by atoms with Crippen molar-refractivity contribution in [3.8, 4) is 0 Å². The van der Waals surface area contributed by atoms with Gasteiger partial charge in [-0.1, -0.05) is 34.1 Å². The molecule has 2 nitrogen and oxygen atoms in total. The van der Waals surface area contributed by atoms with Gasteiger partial charge in [-0.3, -0.25) is 9.69 Å². The third-order valence-corrected chi connectivity index (χ3v) is 3.94. The van der Waals surface area contributed by atoms with Crippen LogP contribution in [-0.4, -0.2) is 30.3 Å². The van der Waals surface area contributed by atoms with Crippen LogP contribution in [0.15, 0.2) is 0 Å². The van der Waals surface area contributed by atoms with E-state index >= 15 is 0 Å². The number of ketones is 1. The van der Waals surface area contributed by atoms with Gasteiger partial charge in [0, 0.05) is 5.92 Å². The van der Waals surface area contributed by atoms with Crippen molar-refractivity contribution in [1.29, 1.82) is 0 Å². The average Bonchev–Trinajstić information content (AvgIpc) is 2.21. The van der Waals surface area contributed by atoms with Gasteiger partial charge in [0.15, 0.2) is 0 Å². The highest BCUT2D eigenvalue weighted by molar-refractivity contribution is 5.82. The van der Waals surface area contributed by atoms with Crippen LogP contribution in [0.5, 0.6) is 0 Å². The molecule has 1 fully saturated rings. The number of piperidine rings is 1. The summed E-state index contributed by atoms with van der Waals surface area (Å²) >= 11 is 0. The number of hydrogen-bond acceptors (Lipinski definition) is 2. The predicted molar refractivity (Wildman–Crippen MR) is 63.9 cm³/mol. The number of hydrogen-bond donors (Lipinski definition) is 0. The second kappa shape index (κ2) is 5.11. The number of likely N-dealkylation sites (tertiary alicyclic amines) is 1. The maximum absolute atomic E-state index is 11.6. The van der Waals surface area contributed by atoms with E-state index in [2.05, 4.69) is 18.7 Å². The van der Waals surface area contributed by atoms with Crippen LogP contribution in [0.25, 0.3) is 0 Å². The van der Waals surface area contributed by atoms with E-state index in [4.69, 9.17) is 0 Å². The molecule has 0 amide bonds. The monoisotopic (exact) mass is 211 g/mol. The molecule has 1 aliphatic heterocycles. The van der Waals surface area contributed by atoms with Crippen molar-refractivity contribution in [1.82, 2.24) is 4.90 Å². The van der Waals surface area contributed by atoms with Gasteiger partial charge in [-0.05, 0) is 31.3 Å². The van der Waals surface area contributed by atoms with Gasteiger partial charge in [-0.25, -0.2) is 0 Å². The molecule has 1 saturated heterocycles. The summed E-state index contributed by atoms with van der Waals surface area (Å²) < 4.78 is 0. The van der Waals surface area contributed by atoms with E-state index in [1.165, 1.54) is 19.3 Å². The molecule has 0 saturated carbocycles. The molecule has 1 heterocycles. The Labute approximate surface area is 94.0 Å². The zero-order valence-electron chi connectivity index (χ0n) is 10.7. The fraction of sp³-hybridized carbons (Fsp3) is 0.923. The lowest BCUT2D eigenvalue weighted by Gasteiger charge is -2.38. The first-order valence-corrected chi connectivity index (χ1v) is 6.22. The van der Waals surface area contributed by atoms with Crippen molar-refractivity contribution >= 4 is 5.78 Å². The predicted octanol–water partition coefficient (Wildman–Crippen LogP) is 2.72. The van der Waals surface area contributed by atoms with Gasteiger partial charge in [0.2, 0.25) is 0 Å². The number of Topliss-reactive ketones (excluding diaryl/α,β-unsaturated/α-hetero) is 1. The maximum atomic E-state index is 11.6. The van der Waals surface area contributed by atoms with Crippen molar-refractivity contribution in [2.24, 2.45) is 11.3 Å². The SMILES string of the molecule is CCC1(C)CCN(CC(=O)C(C)C)CC1. The van der Waals surface area contributed by atoms with E-state index < -0.39 is 0 Å².